The number of likely N-dealkylation sites (tertiary alicyclic amines) is 1. The van der Waals surface area contributed by atoms with Crippen LogP contribution in [-0.4, -0.2) is 47.5 Å². The number of hydrogen-bond acceptors (Lipinski definition) is 4. The molecule has 5 nitrogen and oxygen atoms in total. The van der Waals surface area contributed by atoms with Crippen molar-refractivity contribution in [3.8, 4) is 5.75 Å². The number of nitrogens with two attached hydrogens (primary N) is 1. The van der Waals surface area contributed by atoms with Crippen LogP contribution >= 0.6 is 11.6 Å². The Balaban J connectivity index is 1.42. The number of carbonyl (C=O) groups is 1. The summed E-state index contributed by atoms with van der Waals surface area (Å²) in [6, 6.07) is 10.4. The number of amides is 1. The van der Waals surface area contributed by atoms with E-state index in [2.05, 4.69) is 4.90 Å². The summed E-state index contributed by atoms with van der Waals surface area (Å²) < 4.78 is 18.7. The normalized spacial score (nSPS) is 21.1. The van der Waals surface area contributed by atoms with Crippen LogP contribution < -0.4 is 10.5 Å². The largest absolute Gasteiger partial charge is 0.492 e. The third-order valence-corrected chi connectivity index (χ3v) is 6.27. The van der Waals surface area contributed by atoms with Gasteiger partial charge in [0.05, 0.1) is 11.6 Å². The Morgan fingerprint density at radius 2 is 1.90 bits per heavy atom. The van der Waals surface area contributed by atoms with Crippen LogP contribution in [0.1, 0.15) is 30.9 Å². The maximum absolute atomic E-state index is 13.2. The number of fused-ring (bicyclic) bond motifs is 2. The van der Waals surface area contributed by atoms with Gasteiger partial charge < -0.3 is 15.4 Å². The molecule has 164 valence electrons. The smallest absolute Gasteiger partial charge is 0.247 e. The van der Waals surface area contributed by atoms with E-state index in [0.717, 1.165) is 38.0 Å². The Labute approximate surface area is 187 Å². The Kier molecular flexibility index (Phi) is 6.49. The molecule has 0 saturated carbocycles. The first-order valence-electron chi connectivity index (χ1n) is 10.6. The van der Waals surface area contributed by atoms with Gasteiger partial charge in [-0.2, -0.15) is 0 Å². The zero-order chi connectivity index (χ0) is 22.0. The van der Waals surface area contributed by atoms with Crippen LogP contribution in [0.3, 0.4) is 0 Å². The lowest BCUT2D eigenvalue weighted by molar-refractivity contribution is -0.131. The third-order valence-electron chi connectivity index (χ3n) is 5.97. The third kappa shape index (κ3) is 4.86. The van der Waals surface area contributed by atoms with E-state index in [1.807, 2.05) is 24.0 Å². The summed E-state index contributed by atoms with van der Waals surface area (Å²) in [7, 11) is 0. The zero-order valence-corrected chi connectivity index (χ0v) is 18.3. The van der Waals surface area contributed by atoms with Crippen molar-refractivity contribution in [2.75, 3.05) is 25.4 Å². The number of benzene rings is 2. The van der Waals surface area contributed by atoms with E-state index in [1.54, 1.807) is 24.3 Å². The van der Waals surface area contributed by atoms with E-state index in [0.29, 0.717) is 28.6 Å². The summed E-state index contributed by atoms with van der Waals surface area (Å²) in [5, 5.41) is 0.457. The maximum atomic E-state index is 13.2. The van der Waals surface area contributed by atoms with E-state index in [4.69, 9.17) is 22.1 Å². The molecule has 0 aliphatic carbocycles. The Hall–Kier alpha value is -2.57. The average molecular weight is 444 g/mol. The molecule has 2 aliphatic rings. The highest BCUT2D eigenvalue weighted by Crippen LogP contribution is 2.33. The van der Waals surface area contributed by atoms with Crippen LogP contribution in [0.15, 0.2) is 42.5 Å². The minimum atomic E-state index is -0.222. The summed E-state index contributed by atoms with van der Waals surface area (Å²) >= 11 is 6.16. The van der Waals surface area contributed by atoms with Crippen molar-refractivity contribution in [3.05, 3.63) is 64.4 Å². The highest BCUT2D eigenvalue weighted by Gasteiger charge is 2.41. The maximum Gasteiger partial charge on any atom is 0.247 e. The molecule has 2 fully saturated rings. The van der Waals surface area contributed by atoms with Gasteiger partial charge in [0.1, 0.15) is 11.6 Å². The first kappa shape index (κ1) is 21.7. The molecule has 2 aromatic carbocycles. The van der Waals surface area contributed by atoms with E-state index >= 15 is 0 Å². The van der Waals surface area contributed by atoms with Gasteiger partial charge >= 0.3 is 0 Å². The molecular formula is C24H27ClFN3O2. The number of nitrogen functional groups attached to an aromatic ring is 1. The molecule has 1 amide bonds. The lowest BCUT2D eigenvalue weighted by atomic mass is 10.1. The van der Waals surface area contributed by atoms with Crippen molar-refractivity contribution in [2.24, 2.45) is 0 Å². The van der Waals surface area contributed by atoms with E-state index in [9.17, 15) is 9.18 Å². The average Bonchev–Trinajstić information content (AvgIpc) is 3.01. The minimum Gasteiger partial charge on any atom is -0.492 e. The molecule has 2 aromatic rings. The molecule has 0 radical (unpaired) electrons. The van der Waals surface area contributed by atoms with E-state index < -0.39 is 0 Å². The molecule has 2 aliphatic heterocycles. The fourth-order valence-electron chi connectivity index (χ4n) is 4.57. The molecule has 0 aromatic heterocycles. The lowest BCUT2D eigenvalue weighted by Gasteiger charge is -2.40. The molecule has 2 heterocycles. The van der Waals surface area contributed by atoms with E-state index in [-0.39, 0.29) is 23.8 Å². The van der Waals surface area contributed by atoms with Crippen LogP contribution in [0.2, 0.25) is 5.02 Å². The van der Waals surface area contributed by atoms with Gasteiger partial charge in [-0.15, -0.1) is 0 Å². The van der Waals surface area contributed by atoms with E-state index in [1.165, 1.54) is 12.1 Å². The molecule has 31 heavy (non-hydrogen) atoms. The Morgan fingerprint density at radius 3 is 2.55 bits per heavy atom. The predicted molar refractivity (Wildman–Crippen MR) is 121 cm³/mol. The number of hydrogen-bond donors (Lipinski definition) is 1. The van der Waals surface area contributed by atoms with Gasteiger partial charge in [-0.05, 0) is 55.7 Å². The number of carbonyl (C=O) groups excluding carboxylic acids is 1. The van der Waals surface area contributed by atoms with Crippen molar-refractivity contribution in [1.29, 1.82) is 0 Å². The fourth-order valence-corrected chi connectivity index (χ4v) is 4.80. The molecule has 2 N–H and O–H groups in total. The number of anilines is 1. The van der Waals surface area contributed by atoms with Gasteiger partial charge in [0.25, 0.3) is 0 Å². The van der Waals surface area contributed by atoms with Gasteiger partial charge in [-0.1, -0.05) is 23.7 Å². The number of nitrogens with zero attached hydrogens (tertiary/aromatic N) is 2. The summed E-state index contributed by atoms with van der Waals surface area (Å²) in [6.45, 7) is 4.80. The molecule has 4 rings (SSSR count). The molecule has 2 bridgehead atoms. The molecule has 0 spiro atoms. The van der Waals surface area contributed by atoms with Crippen molar-refractivity contribution >= 4 is 29.3 Å². The minimum absolute atomic E-state index is 0.00115. The van der Waals surface area contributed by atoms with Gasteiger partial charge in [0.15, 0.2) is 0 Å². The predicted octanol–water partition coefficient (Wildman–Crippen LogP) is 4.35. The monoisotopic (exact) mass is 443 g/mol. The van der Waals surface area contributed by atoms with Crippen molar-refractivity contribution < 1.29 is 13.9 Å². The highest BCUT2D eigenvalue weighted by molar-refractivity contribution is 6.32. The zero-order valence-electron chi connectivity index (χ0n) is 17.6. The van der Waals surface area contributed by atoms with Crippen LogP contribution in [0, 0.1) is 5.82 Å². The van der Waals surface area contributed by atoms with Gasteiger partial charge in [-0.3, -0.25) is 9.69 Å². The Bertz CT molecular complexity index is 966. The lowest BCUT2D eigenvalue weighted by Crippen LogP contribution is -2.55. The van der Waals surface area contributed by atoms with Gasteiger partial charge in [0.2, 0.25) is 5.91 Å². The SMILES string of the molecule is CCOc1cc(C=CC(=O)N2C3CCC2CN(Cc2ccc(F)cc2)C3)c(N)cc1Cl. The second kappa shape index (κ2) is 9.28. The topological polar surface area (TPSA) is 58.8 Å². The van der Waals surface area contributed by atoms with Crippen LogP contribution in [0.5, 0.6) is 5.75 Å². The summed E-state index contributed by atoms with van der Waals surface area (Å²) in [4.78, 5) is 17.4. The molecule has 7 heteroatoms. The van der Waals surface area contributed by atoms with Crippen LogP contribution in [0.25, 0.3) is 6.08 Å². The number of ether oxygens (including phenoxy) is 1. The summed E-state index contributed by atoms with van der Waals surface area (Å²) in [6.07, 6.45) is 5.33. The quantitative estimate of drug-likeness (QED) is 0.532. The summed E-state index contributed by atoms with van der Waals surface area (Å²) in [5.41, 5.74) is 8.38. The van der Waals surface area contributed by atoms with Crippen LogP contribution in [0.4, 0.5) is 10.1 Å². The van der Waals surface area contributed by atoms with Crippen molar-refractivity contribution in [2.45, 2.75) is 38.4 Å². The number of rotatable bonds is 6. The highest BCUT2D eigenvalue weighted by atomic mass is 35.5. The van der Waals surface area contributed by atoms with Crippen LogP contribution in [-0.2, 0) is 11.3 Å². The number of halogens is 2. The summed E-state index contributed by atoms with van der Waals surface area (Å²) in [5.74, 6) is 0.335. The second-order valence-electron chi connectivity index (χ2n) is 8.13. The van der Waals surface area contributed by atoms with Gasteiger partial charge in [0, 0.05) is 49.0 Å². The standard InChI is InChI=1S/C24H27ClFN3O2/c1-2-31-23-11-17(22(27)12-21(23)25)5-10-24(30)29-19-8-9-20(29)15-28(14-19)13-16-3-6-18(26)7-4-16/h3-7,10-12,19-20H,2,8-9,13-15,27H2,1H3. The fraction of sp³-hybridized carbons (Fsp3) is 0.375. The van der Waals surface area contributed by atoms with Crippen molar-refractivity contribution in [1.82, 2.24) is 9.80 Å². The first-order chi connectivity index (χ1) is 14.9. The Morgan fingerprint density at radius 1 is 1.23 bits per heavy atom. The molecule has 2 atom stereocenters. The molecule has 2 unspecified atom stereocenters. The number of piperazine rings is 1. The van der Waals surface area contributed by atoms with Crippen molar-refractivity contribution in [3.63, 3.8) is 0 Å². The van der Waals surface area contributed by atoms with Gasteiger partial charge in [-0.25, -0.2) is 4.39 Å². The molecule has 2 saturated heterocycles. The molecular weight excluding hydrogens is 417 g/mol. The second-order valence-corrected chi connectivity index (χ2v) is 8.54. The first-order valence-corrected chi connectivity index (χ1v) is 11.0.